The number of alkyl halides is 2. The Labute approximate surface area is 121 Å². The van der Waals surface area contributed by atoms with Gasteiger partial charge in [-0.05, 0) is 41.6 Å². The Balaban J connectivity index is 2.62. The van der Waals surface area contributed by atoms with Gasteiger partial charge < -0.3 is 16.2 Å². The first-order chi connectivity index (χ1) is 8.67. The Kier molecular flexibility index (Phi) is 3.31. The van der Waals surface area contributed by atoms with Crippen molar-refractivity contribution >= 4 is 34.3 Å². The van der Waals surface area contributed by atoms with Crippen molar-refractivity contribution in [1.82, 2.24) is 0 Å². The van der Waals surface area contributed by atoms with Gasteiger partial charge in [-0.25, -0.2) is 9.38 Å². The molecule has 19 heavy (non-hydrogen) atoms. The van der Waals surface area contributed by atoms with Gasteiger partial charge in [0, 0.05) is 14.8 Å². The molecule has 0 unspecified atom stereocenters. The third kappa shape index (κ3) is 2.21. The van der Waals surface area contributed by atoms with Crippen molar-refractivity contribution in [2.24, 2.45) is 10.7 Å². The summed E-state index contributed by atoms with van der Waals surface area (Å²) in [4.78, 5) is 3.34. The lowest BCUT2D eigenvalue weighted by molar-refractivity contribution is -0.173. The van der Waals surface area contributed by atoms with Crippen LogP contribution in [0.1, 0.15) is 12.5 Å². The molecule has 1 aliphatic heterocycles. The fourth-order valence-corrected chi connectivity index (χ4v) is 2.26. The molecule has 0 bridgehead atoms. The summed E-state index contributed by atoms with van der Waals surface area (Å²) in [6.07, 6.45) is 0. The van der Waals surface area contributed by atoms with Gasteiger partial charge >= 0.3 is 5.92 Å². The lowest BCUT2D eigenvalue weighted by atomic mass is 9.87. The van der Waals surface area contributed by atoms with Crippen LogP contribution in [0.3, 0.4) is 0 Å². The Morgan fingerprint density at radius 1 is 1.37 bits per heavy atom. The second-order valence-corrected chi connectivity index (χ2v) is 5.51. The van der Waals surface area contributed by atoms with E-state index in [1.54, 1.807) is 0 Å². The summed E-state index contributed by atoms with van der Waals surface area (Å²) in [5.41, 5.74) is 8.59. The van der Waals surface area contributed by atoms with Gasteiger partial charge in [0.1, 0.15) is 12.4 Å². The zero-order valence-electron chi connectivity index (χ0n) is 9.88. The number of benzene rings is 1. The molecule has 0 fully saturated rings. The van der Waals surface area contributed by atoms with Gasteiger partial charge in [-0.3, -0.25) is 0 Å². The van der Waals surface area contributed by atoms with Crippen LogP contribution in [0.2, 0.25) is 0 Å². The number of hydrogen-bond donors (Lipinski definition) is 2. The average Bonchev–Trinajstić information content (AvgIpc) is 2.29. The Morgan fingerprint density at radius 3 is 2.63 bits per heavy atom. The van der Waals surface area contributed by atoms with Gasteiger partial charge in [-0.2, -0.15) is 8.78 Å². The van der Waals surface area contributed by atoms with Crippen molar-refractivity contribution in [3.63, 3.8) is 0 Å². The minimum Gasteiger partial charge on any atom is -0.448 e. The summed E-state index contributed by atoms with van der Waals surface area (Å²) in [7, 11) is 0. The summed E-state index contributed by atoms with van der Waals surface area (Å²) in [5, 5.41) is 0. The third-order valence-electron chi connectivity index (χ3n) is 3.04. The number of nitrogens with zero attached hydrogens (tertiary/aromatic N) is 1. The monoisotopic (exact) mass is 385 g/mol. The maximum Gasteiger partial charge on any atom is 0.310 e. The highest BCUT2D eigenvalue weighted by Crippen LogP contribution is 2.44. The van der Waals surface area contributed by atoms with Crippen molar-refractivity contribution < 1.29 is 17.9 Å². The van der Waals surface area contributed by atoms with E-state index in [2.05, 4.69) is 4.99 Å². The van der Waals surface area contributed by atoms with Crippen LogP contribution >= 0.6 is 22.6 Å². The van der Waals surface area contributed by atoms with Crippen molar-refractivity contribution in [2.75, 3.05) is 12.3 Å². The zero-order chi connectivity index (χ0) is 14.4. The van der Waals surface area contributed by atoms with Gasteiger partial charge in [-0.15, -0.1) is 0 Å². The molecule has 0 aromatic heterocycles. The van der Waals surface area contributed by atoms with E-state index < -0.39 is 29.9 Å². The summed E-state index contributed by atoms with van der Waals surface area (Å²) in [5.74, 6) is -4.22. The molecule has 0 spiro atoms. The lowest BCUT2D eigenvalue weighted by Gasteiger charge is -2.39. The largest absolute Gasteiger partial charge is 0.448 e. The van der Waals surface area contributed by atoms with Crippen LogP contribution in [0, 0.1) is 9.39 Å². The van der Waals surface area contributed by atoms with Crippen LogP contribution in [-0.2, 0) is 10.3 Å². The summed E-state index contributed by atoms with van der Waals surface area (Å²) in [6.45, 7) is 0.208. The molecule has 0 saturated heterocycles. The third-order valence-corrected chi connectivity index (χ3v) is 3.97. The number of nitrogen functional groups attached to an aromatic ring is 1. The first kappa shape index (κ1) is 14.2. The molecule has 1 aliphatic rings. The van der Waals surface area contributed by atoms with Crippen LogP contribution in [0.25, 0.3) is 0 Å². The first-order valence-electron chi connectivity index (χ1n) is 5.29. The second kappa shape index (κ2) is 4.43. The Morgan fingerprint density at radius 2 is 2.00 bits per heavy atom. The molecule has 0 radical (unpaired) electrons. The van der Waals surface area contributed by atoms with Gasteiger partial charge in [0.25, 0.3) is 6.02 Å². The molecule has 1 heterocycles. The number of amidine groups is 1. The molecule has 1 aromatic rings. The maximum atomic E-state index is 14.0. The van der Waals surface area contributed by atoms with Crippen molar-refractivity contribution in [3.05, 3.63) is 27.1 Å². The van der Waals surface area contributed by atoms with Crippen LogP contribution < -0.4 is 11.5 Å². The fourth-order valence-electron chi connectivity index (χ4n) is 1.83. The molecule has 104 valence electrons. The second-order valence-electron chi connectivity index (χ2n) is 4.35. The predicted octanol–water partition coefficient (Wildman–Crippen LogP) is 2.21. The van der Waals surface area contributed by atoms with E-state index in [1.807, 2.05) is 22.6 Å². The van der Waals surface area contributed by atoms with E-state index in [0.29, 0.717) is 3.57 Å². The van der Waals surface area contributed by atoms with E-state index in [4.69, 9.17) is 16.2 Å². The highest BCUT2D eigenvalue weighted by Gasteiger charge is 2.57. The zero-order valence-corrected chi connectivity index (χ0v) is 12.0. The number of rotatable bonds is 1. The Hall–Kier alpha value is -1.19. The van der Waals surface area contributed by atoms with Gasteiger partial charge in [-0.1, -0.05) is 0 Å². The van der Waals surface area contributed by atoms with Gasteiger partial charge in [0.05, 0.1) is 0 Å². The van der Waals surface area contributed by atoms with Crippen LogP contribution in [0.4, 0.5) is 18.9 Å². The first-order valence-corrected chi connectivity index (χ1v) is 6.37. The SMILES string of the molecule is C[C@]1(c2cc(N)c(I)cc2F)OC(N)=NCC1(F)F. The normalized spacial score (nSPS) is 25.6. The van der Waals surface area contributed by atoms with Crippen LogP contribution in [0.5, 0.6) is 0 Å². The fraction of sp³-hybridized carbons (Fsp3) is 0.364. The minimum absolute atomic E-state index is 0.193. The van der Waals surface area contributed by atoms with E-state index in [9.17, 15) is 13.2 Å². The molecule has 1 aromatic carbocycles. The molecule has 1 atom stereocenters. The maximum absolute atomic E-state index is 14.0. The van der Waals surface area contributed by atoms with Crippen molar-refractivity contribution in [3.8, 4) is 0 Å². The standard InChI is InChI=1S/C11H11F3IN3O/c1-10(11(13,14)4-18-9(17)19-10)5-2-8(16)7(15)3-6(5)12/h2-3H,4,16H2,1H3,(H2,17,18)/t10-/m1/s1. The molecule has 0 saturated carbocycles. The highest BCUT2D eigenvalue weighted by atomic mass is 127. The quantitative estimate of drug-likeness (QED) is 0.575. The number of halogens is 4. The van der Waals surface area contributed by atoms with E-state index in [0.717, 1.165) is 19.1 Å². The number of hydrogen-bond acceptors (Lipinski definition) is 4. The van der Waals surface area contributed by atoms with E-state index >= 15 is 0 Å². The van der Waals surface area contributed by atoms with Crippen molar-refractivity contribution in [1.29, 1.82) is 0 Å². The lowest BCUT2D eigenvalue weighted by Crippen LogP contribution is -2.53. The summed E-state index contributed by atoms with van der Waals surface area (Å²) in [6, 6.07) is 1.83. The number of ether oxygens (including phenoxy) is 1. The van der Waals surface area contributed by atoms with E-state index in [-0.39, 0.29) is 11.3 Å². The van der Waals surface area contributed by atoms with Gasteiger partial charge in [0.15, 0.2) is 0 Å². The molecule has 0 amide bonds. The number of nitrogens with two attached hydrogens (primary N) is 2. The summed E-state index contributed by atoms with van der Waals surface area (Å²) >= 11 is 1.81. The topological polar surface area (TPSA) is 73.6 Å². The van der Waals surface area contributed by atoms with Crippen molar-refractivity contribution in [2.45, 2.75) is 18.4 Å². The Bertz CT molecular complexity index is 564. The summed E-state index contributed by atoms with van der Waals surface area (Å²) < 4.78 is 47.4. The molecule has 8 heteroatoms. The number of aliphatic imine (C=N–C) groups is 1. The van der Waals surface area contributed by atoms with Gasteiger partial charge in [0.2, 0.25) is 5.60 Å². The molecule has 2 rings (SSSR count). The molecule has 4 nitrogen and oxygen atoms in total. The smallest absolute Gasteiger partial charge is 0.310 e. The average molecular weight is 385 g/mol. The van der Waals surface area contributed by atoms with E-state index in [1.165, 1.54) is 0 Å². The highest BCUT2D eigenvalue weighted by molar-refractivity contribution is 14.1. The molecular formula is C11H11F3IN3O. The molecular weight excluding hydrogens is 374 g/mol. The minimum atomic E-state index is -3.39. The van der Waals surface area contributed by atoms with Crippen LogP contribution in [0.15, 0.2) is 17.1 Å². The number of anilines is 1. The predicted molar refractivity (Wildman–Crippen MR) is 73.4 cm³/mol. The molecule has 0 aliphatic carbocycles. The molecule has 4 N–H and O–H groups in total. The van der Waals surface area contributed by atoms with Crippen LogP contribution in [-0.4, -0.2) is 18.5 Å².